The van der Waals surface area contributed by atoms with Crippen molar-refractivity contribution in [1.29, 1.82) is 0 Å². The Kier molecular flexibility index (Phi) is 11.5. The van der Waals surface area contributed by atoms with Crippen LogP contribution in [-0.2, 0) is 56.1 Å². The molecule has 2 aromatic carbocycles. The van der Waals surface area contributed by atoms with Gasteiger partial charge in [0.25, 0.3) is 5.91 Å². The Morgan fingerprint density at radius 3 is 2.56 bits per heavy atom. The highest BCUT2D eigenvalue weighted by Gasteiger charge is 2.74. The minimum atomic E-state index is -1.37. The van der Waals surface area contributed by atoms with Gasteiger partial charge in [-0.25, -0.2) is 0 Å². The van der Waals surface area contributed by atoms with Gasteiger partial charge in [-0.2, -0.15) is 5.06 Å². The van der Waals surface area contributed by atoms with Crippen LogP contribution in [0.15, 0.2) is 54.6 Å². The maximum Gasteiger partial charge on any atom is 0.327 e. The van der Waals surface area contributed by atoms with Gasteiger partial charge in [0.2, 0.25) is 11.8 Å². The smallest absolute Gasteiger partial charge is 0.327 e. The van der Waals surface area contributed by atoms with Gasteiger partial charge in [0, 0.05) is 45.1 Å². The van der Waals surface area contributed by atoms with E-state index in [0.29, 0.717) is 11.1 Å². The molecule has 4 aliphatic rings. The van der Waals surface area contributed by atoms with E-state index < -0.39 is 71.3 Å². The molecule has 0 spiro atoms. The van der Waals surface area contributed by atoms with E-state index in [1.165, 1.54) is 16.0 Å². The lowest BCUT2D eigenvalue weighted by Gasteiger charge is -2.48. The Hall–Kier alpha value is -4.67. The second-order valence-corrected chi connectivity index (χ2v) is 15.3. The van der Waals surface area contributed by atoms with E-state index in [1.807, 2.05) is 24.3 Å². The van der Waals surface area contributed by atoms with Crippen molar-refractivity contribution >= 4 is 35.7 Å². The van der Waals surface area contributed by atoms with E-state index in [-0.39, 0.29) is 51.7 Å². The number of amides is 3. The summed E-state index contributed by atoms with van der Waals surface area (Å²) in [7, 11) is 3.33. The van der Waals surface area contributed by atoms with Gasteiger partial charge >= 0.3 is 11.9 Å². The fourth-order valence-electron chi connectivity index (χ4n) is 7.46. The molecule has 1 saturated carbocycles. The zero-order valence-corrected chi connectivity index (χ0v) is 31.1. The van der Waals surface area contributed by atoms with Gasteiger partial charge in [-0.15, -0.1) is 0 Å². The number of nitrogens with zero attached hydrogens (tertiary/aromatic N) is 2. The first kappa shape index (κ1) is 39.0. The number of hydrogen-bond donors (Lipinski definition) is 3. The molecule has 0 radical (unpaired) electrons. The predicted molar refractivity (Wildman–Crippen MR) is 192 cm³/mol. The van der Waals surface area contributed by atoms with Gasteiger partial charge in [-0.1, -0.05) is 36.4 Å². The van der Waals surface area contributed by atoms with Crippen LogP contribution in [0.2, 0.25) is 0 Å². The molecular weight excluding hydrogens is 700 g/mol. The second kappa shape index (κ2) is 16.0. The van der Waals surface area contributed by atoms with Crippen LogP contribution in [-0.4, -0.2) is 114 Å². The lowest BCUT2D eigenvalue weighted by atomic mass is 9.62. The SMILES string of the molecule is CN(C)C(=O)C=Cc1cccc(CN2O[C@@H]3[C@H]4OCO[C@H]4[C@H]4C[C@]3(C(=O)NCc3cccc(C(=O)N[C@H](CO)CCC(=O)OC(C)(C)C)c3)[C@@H]2C(=O)O4)c1. The van der Waals surface area contributed by atoms with Crippen LogP contribution in [0, 0.1) is 5.41 Å². The van der Waals surface area contributed by atoms with E-state index in [0.717, 1.165) is 11.1 Å². The van der Waals surface area contributed by atoms with Gasteiger partial charge < -0.3 is 39.6 Å². The average molecular weight is 749 g/mol. The number of carbonyl (C=O) groups is 5. The molecule has 3 aliphatic heterocycles. The monoisotopic (exact) mass is 748 g/mol. The number of fused-ring (bicyclic) bond motifs is 4. The van der Waals surface area contributed by atoms with E-state index in [1.54, 1.807) is 65.2 Å². The number of hydrogen-bond acceptors (Lipinski definition) is 12. The van der Waals surface area contributed by atoms with Crippen LogP contribution in [0.5, 0.6) is 0 Å². The summed E-state index contributed by atoms with van der Waals surface area (Å²) in [5.41, 5.74) is 0.454. The third kappa shape index (κ3) is 8.35. The van der Waals surface area contributed by atoms with E-state index in [4.69, 9.17) is 23.8 Å². The lowest BCUT2D eigenvalue weighted by Crippen LogP contribution is -2.69. The molecule has 1 aliphatic carbocycles. The number of benzene rings is 2. The van der Waals surface area contributed by atoms with Crippen LogP contribution in [0.1, 0.15) is 67.1 Å². The van der Waals surface area contributed by atoms with Gasteiger partial charge in [0.15, 0.2) is 6.04 Å². The Morgan fingerprint density at radius 1 is 1.07 bits per heavy atom. The zero-order valence-electron chi connectivity index (χ0n) is 31.1. The number of nitrogens with one attached hydrogen (secondary N) is 2. The van der Waals surface area contributed by atoms with Gasteiger partial charge in [0.1, 0.15) is 42.2 Å². The third-order valence-electron chi connectivity index (χ3n) is 9.96. The number of carbonyl (C=O) groups excluding carboxylic acids is 5. The average Bonchev–Trinajstić information content (AvgIpc) is 3.75. The fraction of sp³-hybridized carbons (Fsp3) is 0.513. The molecule has 54 heavy (non-hydrogen) atoms. The lowest BCUT2D eigenvalue weighted by molar-refractivity contribution is -0.201. The molecule has 15 heteroatoms. The summed E-state index contributed by atoms with van der Waals surface area (Å²) in [6.07, 6.45) is 0.726. The Morgan fingerprint density at radius 2 is 1.81 bits per heavy atom. The molecule has 15 nitrogen and oxygen atoms in total. The standard InChI is InChI=1S/C39H48N4O11/c1-38(2,3)53-30(46)15-13-27(21-44)41-35(47)26-11-7-9-24(17-26)19-40-37(49)39-18-28-31-32(51-22-50-31)34(39)54-43(33(39)36(48)52-28)20-25-10-6-8-23(16-25)12-14-29(45)42(4)5/h6-12,14,16-17,27-28,31-34,44H,13,15,18-22H2,1-5H3,(H,40,49)(H,41,47)/t27-,28+,31-,32-,33-,34+,39-/m0/s1. The number of rotatable bonds is 13. The van der Waals surface area contributed by atoms with E-state index in [2.05, 4.69) is 10.6 Å². The summed E-state index contributed by atoms with van der Waals surface area (Å²) in [6.45, 7) is 5.07. The van der Waals surface area contributed by atoms with Crippen molar-refractivity contribution < 1.29 is 52.9 Å². The first-order valence-corrected chi connectivity index (χ1v) is 18.0. The number of likely N-dealkylation sites (N-methyl/N-ethyl adjacent to an activating group) is 1. The number of hydroxylamine groups is 2. The molecule has 3 N–H and O–H groups in total. The summed E-state index contributed by atoms with van der Waals surface area (Å²) < 4.78 is 22.9. The molecule has 3 heterocycles. The minimum absolute atomic E-state index is 0.0237. The van der Waals surface area contributed by atoms with Crippen LogP contribution in [0.4, 0.5) is 0 Å². The zero-order chi connectivity index (χ0) is 38.8. The quantitative estimate of drug-likeness (QED) is 0.200. The summed E-state index contributed by atoms with van der Waals surface area (Å²) in [6, 6.07) is 12.3. The van der Waals surface area contributed by atoms with Crippen molar-refractivity contribution in [2.24, 2.45) is 5.41 Å². The van der Waals surface area contributed by atoms with E-state index in [9.17, 15) is 29.1 Å². The predicted octanol–water partition coefficient (Wildman–Crippen LogP) is 1.86. The normalized spacial score (nSPS) is 26.5. The van der Waals surface area contributed by atoms with Crippen molar-refractivity contribution in [2.75, 3.05) is 27.5 Å². The topological polar surface area (TPSA) is 182 Å². The van der Waals surface area contributed by atoms with Crippen LogP contribution in [0.25, 0.3) is 6.08 Å². The summed E-state index contributed by atoms with van der Waals surface area (Å²) >= 11 is 0. The minimum Gasteiger partial charge on any atom is -0.460 e. The molecule has 7 atom stereocenters. The Balaban J connectivity index is 1.16. The molecule has 2 bridgehead atoms. The van der Waals surface area contributed by atoms with Gasteiger partial charge in [-0.05, 0) is 62.1 Å². The van der Waals surface area contributed by atoms with Crippen LogP contribution < -0.4 is 10.6 Å². The molecule has 3 amide bonds. The summed E-state index contributed by atoms with van der Waals surface area (Å²) in [5.74, 6) is -2.07. The maximum absolute atomic E-state index is 14.5. The summed E-state index contributed by atoms with van der Waals surface area (Å²) in [4.78, 5) is 73.6. The summed E-state index contributed by atoms with van der Waals surface area (Å²) in [5, 5.41) is 17.1. The van der Waals surface area contributed by atoms with Crippen LogP contribution in [0.3, 0.4) is 0 Å². The van der Waals surface area contributed by atoms with Crippen molar-refractivity contribution in [3.8, 4) is 0 Å². The van der Waals surface area contributed by atoms with Crippen molar-refractivity contribution in [2.45, 2.75) is 95.2 Å². The number of ether oxygens (including phenoxy) is 4. The highest BCUT2D eigenvalue weighted by molar-refractivity contribution is 5.95. The molecule has 290 valence electrons. The molecule has 0 aromatic heterocycles. The molecule has 3 saturated heterocycles. The molecular formula is C39H48N4O11. The van der Waals surface area contributed by atoms with Crippen molar-refractivity contribution in [3.63, 3.8) is 0 Å². The van der Waals surface area contributed by atoms with E-state index >= 15 is 0 Å². The Bertz CT molecular complexity index is 1790. The fourth-order valence-corrected chi connectivity index (χ4v) is 7.46. The second-order valence-electron chi connectivity index (χ2n) is 15.3. The van der Waals surface area contributed by atoms with Gasteiger partial charge in [-0.3, -0.25) is 28.8 Å². The van der Waals surface area contributed by atoms with Crippen LogP contribution >= 0.6 is 0 Å². The van der Waals surface area contributed by atoms with Crippen molar-refractivity contribution in [1.82, 2.24) is 20.6 Å². The maximum atomic E-state index is 14.5. The number of aliphatic hydroxyl groups excluding tert-OH is 1. The molecule has 4 fully saturated rings. The van der Waals surface area contributed by atoms with Gasteiger partial charge in [0.05, 0.1) is 19.2 Å². The highest BCUT2D eigenvalue weighted by Crippen LogP contribution is 2.55. The number of aliphatic hydroxyl groups is 1. The number of esters is 2. The molecule has 6 rings (SSSR count). The highest BCUT2D eigenvalue weighted by atomic mass is 16.8. The Labute approximate surface area is 313 Å². The first-order chi connectivity index (χ1) is 25.7. The van der Waals surface area contributed by atoms with Crippen molar-refractivity contribution in [3.05, 3.63) is 76.9 Å². The first-order valence-electron chi connectivity index (χ1n) is 18.0. The third-order valence-corrected chi connectivity index (χ3v) is 9.96. The largest absolute Gasteiger partial charge is 0.460 e. The molecule has 0 unspecified atom stereocenters. The molecule has 2 aromatic rings.